The largest absolute Gasteiger partial charge is 0.338 e. The van der Waals surface area contributed by atoms with Crippen molar-refractivity contribution in [2.75, 3.05) is 11.4 Å². The third-order valence-electron chi connectivity index (χ3n) is 3.96. The molecule has 0 bridgehead atoms. The Morgan fingerprint density at radius 2 is 2.06 bits per heavy atom. The molecule has 0 amide bonds. The predicted molar refractivity (Wildman–Crippen MR) is 71.0 cm³/mol. The van der Waals surface area contributed by atoms with Crippen molar-refractivity contribution < 1.29 is 0 Å². The lowest BCUT2D eigenvalue weighted by atomic mass is 10.2. The summed E-state index contributed by atoms with van der Waals surface area (Å²) < 4.78 is 3.02. The van der Waals surface area contributed by atoms with Crippen molar-refractivity contribution in [3.8, 4) is 0 Å². The summed E-state index contributed by atoms with van der Waals surface area (Å²) in [5.41, 5.74) is 0. The van der Waals surface area contributed by atoms with E-state index in [2.05, 4.69) is 26.6 Å². The summed E-state index contributed by atoms with van der Waals surface area (Å²) >= 11 is 5.35. The first-order chi connectivity index (χ1) is 8.31. The van der Waals surface area contributed by atoms with Gasteiger partial charge in [-0.3, -0.25) is 4.57 Å². The van der Waals surface area contributed by atoms with Crippen LogP contribution in [0.5, 0.6) is 0 Å². The summed E-state index contributed by atoms with van der Waals surface area (Å²) in [4.78, 5) is 2.44. The number of aromatic nitrogens is 3. The molecule has 4 nitrogen and oxygen atoms in total. The number of hydrogen-bond acceptors (Lipinski definition) is 3. The van der Waals surface area contributed by atoms with E-state index in [-0.39, 0.29) is 0 Å². The molecule has 5 heteroatoms. The average Bonchev–Trinajstić information content (AvgIpc) is 2.88. The maximum Gasteiger partial charge on any atom is 0.226 e. The fourth-order valence-electron chi connectivity index (χ4n) is 2.94. The van der Waals surface area contributed by atoms with Gasteiger partial charge >= 0.3 is 0 Å². The molecule has 1 aromatic heterocycles. The number of aromatic amines is 1. The Bertz CT molecular complexity index is 440. The molecular formula is C12H20N4S. The van der Waals surface area contributed by atoms with Gasteiger partial charge in [0.05, 0.1) is 0 Å². The number of H-pyrrole nitrogens is 1. The smallest absolute Gasteiger partial charge is 0.226 e. The molecule has 94 valence electrons. The van der Waals surface area contributed by atoms with Crippen LogP contribution in [0.4, 0.5) is 5.95 Å². The summed E-state index contributed by atoms with van der Waals surface area (Å²) in [6.07, 6.45) is 7.83. The highest BCUT2D eigenvalue weighted by Crippen LogP contribution is 2.39. The number of rotatable bonds is 4. The van der Waals surface area contributed by atoms with Gasteiger partial charge in [0.15, 0.2) is 4.77 Å². The van der Waals surface area contributed by atoms with Crippen molar-refractivity contribution >= 4 is 18.2 Å². The fourth-order valence-corrected chi connectivity index (χ4v) is 3.22. The standard InChI is InChI=1S/C12H20N4S/c1-2-15(9-5-3-4-6-9)11-13-14-12(17)16(11)10-7-8-10/h9-10H,2-8H2,1H3,(H,14,17). The molecule has 2 aliphatic carbocycles. The molecule has 0 spiro atoms. The third kappa shape index (κ3) is 2.01. The van der Waals surface area contributed by atoms with E-state index in [1.807, 2.05) is 0 Å². The molecule has 2 fully saturated rings. The van der Waals surface area contributed by atoms with E-state index >= 15 is 0 Å². The van der Waals surface area contributed by atoms with Crippen molar-refractivity contribution in [3.05, 3.63) is 4.77 Å². The normalized spacial score (nSPS) is 21.0. The Hall–Kier alpha value is -0.840. The Morgan fingerprint density at radius 3 is 2.65 bits per heavy atom. The second-order valence-corrected chi connectivity index (χ2v) is 5.54. The molecule has 2 saturated carbocycles. The summed E-state index contributed by atoms with van der Waals surface area (Å²) in [7, 11) is 0. The highest BCUT2D eigenvalue weighted by Gasteiger charge is 2.31. The molecule has 0 saturated heterocycles. The number of hydrogen-bond donors (Lipinski definition) is 1. The first-order valence-electron chi connectivity index (χ1n) is 6.74. The van der Waals surface area contributed by atoms with Gasteiger partial charge in [0.1, 0.15) is 0 Å². The van der Waals surface area contributed by atoms with Gasteiger partial charge in [-0.05, 0) is 44.8 Å². The molecule has 1 heterocycles. The Morgan fingerprint density at radius 1 is 1.35 bits per heavy atom. The van der Waals surface area contributed by atoms with E-state index < -0.39 is 0 Å². The summed E-state index contributed by atoms with van der Waals surface area (Å²) in [5.74, 6) is 1.08. The lowest BCUT2D eigenvalue weighted by Gasteiger charge is -2.28. The first-order valence-corrected chi connectivity index (χ1v) is 7.15. The van der Waals surface area contributed by atoms with Gasteiger partial charge < -0.3 is 4.90 Å². The second-order valence-electron chi connectivity index (χ2n) is 5.15. The van der Waals surface area contributed by atoms with Crippen LogP contribution in [0, 0.1) is 4.77 Å². The van der Waals surface area contributed by atoms with Crippen molar-refractivity contribution in [1.29, 1.82) is 0 Å². The topological polar surface area (TPSA) is 36.9 Å². The van der Waals surface area contributed by atoms with E-state index in [0.717, 1.165) is 17.3 Å². The van der Waals surface area contributed by atoms with E-state index in [1.54, 1.807) is 0 Å². The van der Waals surface area contributed by atoms with Crippen molar-refractivity contribution in [3.63, 3.8) is 0 Å². The third-order valence-corrected chi connectivity index (χ3v) is 4.25. The van der Waals surface area contributed by atoms with Gasteiger partial charge in [-0.15, -0.1) is 5.10 Å². The van der Waals surface area contributed by atoms with E-state index in [9.17, 15) is 0 Å². The monoisotopic (exact) mass is 252 g/mol. The molecule has 3 rings (SSSR count). The molecule has 0 aliphatic heterocycles. The van der Waals surface area contributed by atoms with Gasteiger partial charge in [0.25, 0.3) is 0 Å². The second kappa shape index (κ2) is 4.44. The van der Waals surface area contributed by atoms with E-state index in [0.29, 0.717) is 12.1 Å². The fraction of sp³-hybridized carbons (Fsp3) is 0.833. The first kappa shape index (κ1) is 11.3. The van der Waals surface area contributed by atoms with E-state index in [4.69, 9.17) is 12.2 Å². The van der Waals surface area contributed by atoms with Crippen LogP contribution in [-0.2, 0) is 0 Å². The average molecular weight is 252 g/mol. The molecule has 1 N–H and O–H groups in total. The van der Waals surface area contributed by atoms with Crippen LogP contribution in [0.2, 0.25) is 0 Å². The van der Waals surface area contributed by atoms with Crippen molar-refractivity contribution in [2.24, 2.45) is 0 Å². The zero-order valence-corrected chi connectivity index (χ0v) is 11.2. The van der Waals surface area contributed by atoms with Crippen LogP contribution >= 0.6 is 12.2 Å². The Kier molecular flexibility index (Phi) is 2.94. The minimum atomic E-state index is 0.603. The van der Waals surface area contributed by atoms with Gasteiger partial charge in [-0.2, -0.15) is 0 Å². The minimum Gasteiger partial charge on any atom is -0.338 e. The quantitative estimate of drug-likeness (QED) is 0.837. The SMILES string of the molecule is CCN(c1n[nH]c(=S)n1C1CC1)C1CCCC1. The molecule has 0 unspecified atom stereocenters. The maximum absolute atomic E-state index is 5.35. The molecule has 2 aliphatic rings. The molecule has 0 radical (unpaired) electrons. The number of anilines is 1. The molecular weight excluding hydrogens is 232 g/mol. The van der Waals surface area contributed by atoms with Crippen LogP contribution < -0.4 is 4.90 Å². The summed E-state index contributed by atoms with van der Waals surface area (Å²) in [6, 6.07) is 1.27. The van der Waals surface area contributed by atoms with Crippen LogP contribution in [0.15, 0.2) is 0 Å². The van der Waals surface area contributed by atoms with Crippen LogP contribution in [0.3, 0.4) is 0 Å². The lowest BCUT2D eigenvalue weighted by molar-refractivity contribution is 0.581. The van der Waals surface area contributed by atoms with Gasteiger partial charge in [-0.1, -0.05) is 12.8 Å². The minimum absolute atomic E-state index is 0.603. The molecule has 1 aromatic rings. The Labute approximate surface area is 107 Å². The zero-order valence-electron chi connectivity index (χ0n) is 10.4. The summed E-state index contributed by atoms with van der Waals surface area (Å²) in [6.45, 7) is 3.24. The van der Waals surface area contributed by atoms with E-state index in [1.165, 1.54) is 38.5 Å². The van der Waals surface area contributed by atoms with Crippen LogP contribution in [0.25, 0.3) is 0 Å². The zero-order chi connectivity index (χ0) is 11.8. The van der Waals surface area contributed by atoms with Crippen LogP contribution in [0.1, 0.15) is 51.5 Å². The van der Waals surface area contributed by atoms with Gasteiger partial charge in [0.2, 0.25) is 5.95 Å². The van der Waals surface area contributed by atoms with Gasteiger partial charge in [-0.25, -0.2) is 5.10 Å². The van der Waals surface area contributed by atoms with Crippen molar-refractivity contribution in [2.45, 2.75) is 57.5 Å². The summed E-state index contributed by atoms with van der Waals surface area (Å²) in [5, 5.41) is 7.44. The van der Waals surface area contributed by atoms with Gasteiger partial charge in [0, 0.05) is 18.6 Å². The molecule has 0 aromatic carbocycles. The van der Waals surface area contributed by atoms with Crippen LogP contribution in [-0.4, -0.2) is 27.4 Å². The number of nitrogens with zero attached hydrogens (tertiary/aromatic N) is 3. The van der Waals surface area contributed by atoms with Crippen molar-refractivity contribution in [1.82, 2.24) is 14.8 Å². The highest BCUT2D eigenvalue weighted by molar-refractivity contribution is 7.71. The molecule has 17 heavy (non-hydrogen) atoms. The maximum atomic E-state index is 5.35. The lowest BCUT2D eigenvalue weighted by Crippen LogP contribution is -2.35. The molecule has 0 atom stereocenters. The predicted octanol–water partition coefficient (Wildman–Crippen LogP) is 3.04. The number of nitrogens with one attached hydrogen (secondary N) is 1. The Balaban J connectivity index is 1.92. The highest BCUT2D eigenvalue weighted by atomic mass is 32.1.